The lowest BCUT2D eigenvalue weighted by Crippen LogP contribution is -2.18. The molecule has 0 aliphatic rings. The van der Waals surface area contributed by atoms with Crippen molar-refractivity contribution in [3.63, 3.8) is 0 Å². The number of hydrogen-bond acceptors (Lipinski definition) is 3. The minimum Gasteiger partial charge on any atom is -0.323 e. The highest BCUT2D eigenvalue weighted by molar-refractivity contribution is 6.31. The number of alkyl halides is 3. The van der Waals surface area contributed by atoms with Gasteiger partial charge in [0.05, 0.1) is 22.1 Å². The van der Waals surface area contributed by atoms with Crippen LogP contribution in [-0.2, 0) is 17.5 Å². The Balaban J connectivity index is 2.02. The first-order valence-corrected chi connectivity index (χ1v) is 6.68. The van der Waals surface area contributed by atoms with Crippen molar-refractivity contribution < 1.29 is 18.0 Å². The van der Waals surface area contributed by atoms with Gasteiger partial charge >= 0.3 is 6.18 Å². The summed E-state index contributed by atoms with van der Waals surface area (Å²) < 4.78 is 39.7. The molecule has 2 N–H and O–H groups in total. The molecule has 0 fully saturated rings. The van der Waals surface area contributed by atoms with E-state index >= 15 is 0 Å². The Labute approximate surface area is 128 Å². The molecule has 6 nitrogen and oxygen atoms in total. The number of nitrogens with one attached hydrogen (secondary N) is 2. The number of anilines is 1. The number of aromatic nitrogens is 4. The molecule has 0 saturated carbocycles. The van der Waals surface area contributed by atoms with Crippen LogP contribution < -0.4 is 5.32 Å². The summed E-state index contributed by atoms with van der Waals surface area (Å²) in [5.41, 5.74) is -0.741. The molecule has 0 saturated heterocycles. The number of aryl methyl sites for hydroxylation is 3. The molecule has 22 heavy (non-hydrogen) atoms. The summed E-state index contributed by atoms with van der Waals surface area (Å²) in [6, 6.07) is 0. The first-order chi connectivity index (χ1) is 10.2. The Bertz CT molecular complexity index is 672. The van der Waals surface area contributed by atoms with Crippen LogP contribution in [0.5, 0.6) is 0 Å². The lowest BCUT2D eigenvalue weighted by molar-refractivity contribution is -0.140. The monoisotopic (exact) mass is 335 g/mol. The van der Waals surface area contributed by atoms with E-state index in [1.807, 2.05) is 0 Å². The zero-order valence-corrected chi connectivity index (χ0v) is 12.5. The molecule has 0 aliphatic heterocycles. The van der Waals surface area contributed by atoms with E-state index in [4.69, 9.17) is 11.6 Å². The van der Waals surface area contributed by atoms with E-state index in [9.17, 15) is 18.0 Å². The average molecular weight is 336 g/mol. The second-order valence-corrected chi connectivity index (χ2v) is 5.10. The zero-order chi connectivity index (χ0) is 16.5. The molecule has 2 rings (SSSR count). The third kappa shape index (κ3) is 3.59. The number of aromatic amines is 1. The molecule has 0 aliphatic carbocycles. The van der Waals surface area contributed by atoms with Crippen LogP contribution >= 0.6 is 11.6 Å². The highest BCUT2D eigenvalue weighted by Gasteiger charge is 2.38. The van der Waals surface area contributed by atoms with Crippen molar-refractivity contribution >= 4 is 23.2 Å². The Morgan fingerprint density at radius 1 is 1.45 bits per heavy atom. The zero-order valence-electron chi connectivity index (χ0n) is 11.8. The van der Waals surface area contributed by atoms with Crippen LogP contribution in [0.4, 0.5) is 18.9 Å². The number of carbonyl (C=O) groups is 1. The second kappa shape index (κ2) is 5.99. The van der Waals surface area contributed by atoms with Crippen LogP contribution in [0.25, 0.3) is 0 Å². The van der Waals surface area contributed by atoms with Crippen molar-refractivity contribution in [2.45, 2.75) is 33.0 Å². The maximum atomic E-state index is 12.7. The van der Waals surface area contributed by atoms with Crippen LogP contribution in [0.1, 0.15) is 23.5 Å². The number of carbonyl (C=O) groups excluding carboxylic acids is 1. The van der Waals surface area contributed by atoms with Crippen molar-refractivity contribution in [2.75, 3.05) is 5.32 Å². The molecule has 0 radical (unpaired) electrons. The lowest BCUT2D eigenvalue weighted by Gasteiger charge is -2.09. The lowest BCUT2D eigenvalue weighted by atomic mass is 10.2. The fourth-order valence-corrected chi connectivity index (χ4v) is 1.96. The second-order valence-electron chi connectivity index (χ2n) is 4.69. The van der Waals surface area contributed by atoms with Crippen LogP contribution in [0.2, 0.25) is 5.02 Å². The van der Waals surface area contributed by atoms with Gasteiger partial charge < -0.3 is 5.32 Å². The predicted octanol–water partition coefficient (Wildman–Crippen LogP) is 2.92. The Morgan fingerprint density at radius 2 is 2.14 bits per heavy atom. The van der Waals surface area contributed by atoms with Crippen molar-refractivity contribution in [1.29, 1.82) is 0 Å². The summed E-state index contributed by atoms with van der Waals surface area (Å²) in [5, 5.41) is 12.1. The Morgan fingerprint density at radius 3 is 2.68 bits per heavy atom. The van der Waals surface area contributed by atoms with Gasteiger partial charge in [-0.3, -0.25) is 14.6 Å². The molecular weight excluding hydrogens is 323 g/mol. The summed E-state index contributed by atoms with van der Waals surface area (Å²) in [6.07, 6.45) is -3.13. The summed E-state index contributed by atoms with van der Waals surface area (Å²) in [4.78, 5) is 11.8. The number of rotatable bonds is 4. The van der Waals surface area contributed by atoms with E-state index in [1.54, 1.807) is 13.1 Å². The van der Waals surface area contributed by atoms with Gasteiger partial charge in [-0.15, -0.1) is 0 Å². The maximum absolute atomic E-state index is 12.7. The van der Waals surface area contributed by atoms with Gasteiger partial charge in [0.25, 0.3) is 0 Å². The van der Waals surface area contributed by atoms with Gasteiger partial charge in [-0.2, -0.15) is 23.4 Å². The van der Waals surface area contributed by atoms with E-state index in [-0.39, 0.29) is 24.3 Å². The molecule has 10 heteroatoms. The quantitative estimate of drug-likeness (QED) is 0.902. The van der Waals surface area contributed by atoms with Crippen molar-refractivity contribution in [3.8, 4) is 0 Å². The van der Waals surface area contributed by atoms with Gasteiger partial charge in [-0.1, -0.05) is 11.6 Å². The van der Waals surface area contributed by atoms with Gasteiger partial charge in [-0.25, -0.2) is 0 Å². The number of H-pyrrole nitrogens is 1. The van der Waals surface area contributed by atoms with Gasteiger partial charge in [-0.05, 0) is 13.8 Å². The number of nitrogens with zero attached hydrogens (tertiary/aromatic N) is 3. The molecule has 0 bridgehead atoms. The molecule has 0 spiro atoms. The minimum atomic E-state index is -4.64. The third-order valence-corrected chi connectivity index (χ3v) is 3.31. The van der Waals surface area contributed by atoms with Crippen molar-refractivity contribution in [2.24, 2.45) is 0 Å². The van der Waals surface area contributed by atoms with Gasteiger partial charge in [0.1, 0.15) is 0 Å². The first-order valence-electron chi connectivity index (χ1n) is 6.30. The molecule has 0 atom stereocenters. The topological polar surface area (TPSA) is 75.6 Å². The smallest absolute Gasteiger partial charge is 0.323 e. The molecule has 2 heterocycles. The molecule has 1 amide bonds. The molecule has 0 aromatic carbocycles. The highest BCUT2D eigenvalue weighted by Crippen LogP contribution is 2.34. The van der Waals surface area contributed by atoms with Crippen LogP contribution in [0, 0.1) is 13.8 Å². The maximum Gasteiger partial charge on any atom is 0.437 e. The normalized spacial score (nSPS) is 11.7. The molecule has 2 aromatic rings. The van der Waals surface area contributed by atoms with E-state index in [0.717, 1.165) is 0 Å². The molecular formula is C12H13ClF3N5O. The predicted molar refractivity (Wildman–Crippen MR) is 73.5 cm³/mol. The van der Waals surface area contributed by atoms with Crippen LogP contribution in [-0.4, -0.2) is 25.9 Å². The standard InChI is InChI=1S/C12H13ClF3N5O/c1-6-8(13)5-21(20-6)4-3-9(22)17-10-7(2)18-19-11(10)12(14,15)16/h5H,3-4H2,1-2H3,(H,17,22)(H,18,19). The highest BCUT2D eigenvalue weighted by atomic mass is 35.5. The summed E-state index contributed by atoms with van der Waals surface area (Å²) >= 11 is 5.83. The van der Waals surface area contributed by atoms with Gasteiger partial charge in [0, 0.05) is 19.2 Å². The largest absolute Gasteiger partial charge is 0.437 e. The fraction of sp³-hybridized carbons (Fsp3) is 0.417. The van der Waals surface area contributed by atoms with Crippen LogP contribution in [0.15, 0.2) is 6.20 Å². The Hall–Kier alpha value is -2.03. The summed E-state index contributed by atoms with van der Waals surface area (Å²) in [6.45, 7) is 3.31. The number of halogens is 4. The number of amides is 1. The molecule has 120 valence electrons. The van der Waals surface area contributed by atoms with E-state index < -0.39 is 17.8 Å². The van der Waals surface area contributed by atoms with E-state index in [1.165, 1.54) is 11.6 Å². The Kier molecular flexibility index (Phi) is 4.45. The van der Waals surface area contributed by atoms with E-state index in [2.05, 4.69) is 20.6 Å². The van der Waals surface area contributed by atoms with E-state index in [0.29, 0.717) is 10.7 Å². The molecule has 2 aromatic heterocycles. The van der Waals surface area contributed by atoms with Crippen LogP contribution in [0.3, 0.4) is 0 Å². The first kappa shape index (κ1) is 16.3. The number of hydrogen-bond donors (Lipinski definition) is 2. The average Bonchev–Trinajstić information content (AvgIpc) is 2.91. The fourth-order valence-electron chi connectivity index (χ4n) is 1.81. The minimum absolute atomic E-state index is 0.0423. The summed E-state index contributed by atoms with van der Waals surface area (Å²) in [5.74, 6) is -0.570. The third-order valence-electron chi connectivity index (χ3n) is 2.93. The molecule has 0 unspecified atom stereocenters. The van der Waals surface area contributed by atoms with Gasteiger partial charge in [0.15, 0.2) is 5.69 Å². The SMILES string of the molecule is Cc1nn(CCC(=O)Nc2c(C(F)(F)F)n[nH]c2C)cc1Cl. The van der Waals surface area contributed by atoms with Crippen molar-refractivity contribution in [1.82, 2.24) is 20.0 Å². The summed E-state index contributed by atoms with van der Waals surface area (Å²) in [7, 11) is 0. The van der Waals surface area contributed by atoms with Gasteiger partial charge in [0.2, 0.25) is 5.91 Å². The van der Waals surface area contributed by atoms with Crippen molar-refractivity contribution in [3.05, 3.63) is 28.3 Å².